The molecule has 2 nitrogen and oxygen atoms in total. The van der Waals surface area contributed by atoms with Gasteiger partial charge in [-0.25, -0.2) is 4.39 Å². The second-order valence-corrected chi connectivity index (χ2v) is 3.16. The smallest absolute Gasteiger partial charge is 0.155 e. The zero-order chi connectivity index (χ0) is 9.26. The van der Waals surface area contributed by atoms with Crippen molar-refractivity contribution in [3.63, 3.8) is 0 Å². The lowest BCUT2D eigenvalue weighted by Gasteiger charge is -2.08. The van der Waals surface area contributed by atoms with Crippen LogP contribution in [0.3, 0.4) is 0 Å². The number of ketones is 1. The van der Waals surface area contributed by atoms with E-state index in [1.165, 1.54) is 12.1 Å². The summed E-state index contributed by atoms with van der Waals surface area (Å²) >= 11 is 0. The van der Waals surface area contributed by atoms with Gasteiger partial charge in [-0.15, -0.1) is 0 Å². The summed E-state index contributed by atoms with van der Waals surface area (Å²) in [5.74, 6) is -0.0826. The van der Waals surface area contributed by atoms with Gasteiger partial charge in [0.25, 0.3) is 0 Å². The van der Waals surface area contributed by atoms with E-state index in [1.807, 2.05) is 0 Å². The van der Waals surface area contributed by atoms with Gasteiger partial charge in [0.15, 0.2) is 5.78 Å². The highest BCUT2D eigenvalue weighted by atomic mass is 19.1. The van der Waals surface area contributed by atoms with E-state index in [4.69, 9.17) is 0 Å². The van der Waals surface area contributed by atoms with Crippen molar-refractivity contribution in [2.45, 2.75) is 12.5 Å². The van der Waals surface area contributed by atoms with Crippen molar-refractivity contribution in [1.29, 1.82) is 0 Å². The molecule has 0 aliphatic carbocycles. The molecule has 0 amide bonds. The minimum absolute atomic E-state index is 0.187. The molecule has 1 unspecified atom stereocenters. The summed E-state index contributed by atoms with van der Waals surface area (Å²) in [6.45, 7) is 0.723. The quantitative estimate of drug-likeness (QED) is 0.706. The first kappa shape index (κ1) is 8.38. The molecule has 1 aromatic rings. The molecular weight excluding hydrogens is 169 g/mol. The third-order valence-corrected chi connectivity index (χ3v) is 2.25. The lowest BCUT2D eigenvalue weighted by molar-refractivity contribution is -0.118. The SMILES string of the molecule is O=C1CCNC1c1ccc(F)cc1. The summed E-state index contributed by atoms with van der Waals surface area (Å²) in [7, 11) is 0. The van der Waals surface area contributed by atoms with Crippen molar-refractivity contribution in [1.82, 2.24) is 5.32 Å². The molecule has 0 aromatic heterocycles. The minimum Gasteiger partial charge on any atom is -0.303 e. The van der Waals surface area contributed by atoms with Crippen LogP contribution in [-0.2, 0) is 4.79 Å². The number of halogens is 1. The predicted octanol–water partition coefficient (Wildman–Crippen LogP) is 1.43. The van der Waals surface area contributed by atoms with Crippen LogP contribution in [0.4, 0.5) is 4.39 Å². The number of carbonyl (C=O) groups is 1. The van der Waals surface area contributed by atoms with E-state index in [2.05, 4.69) is 5.32 Å². The van der Waals surface area contributed by atoms with Crippen LogP contribution in [0.2, 0.25) is 0 Å². The molecule has 2 rings (SSSR count). The summed E-state index contributed by atoms with van der Waals surface area (Å²) in [6.07, 6.45) is 0.571. The van der Waals surface area contributed by atoms with Crippen LogP contribution in [0.1, 0.15) is 18.0 Å². The van der Waals surface area contributed by atoms with E-state index in [0.29, 0.717) is 6.42 Å². The second-order valence-electron chi connectivity index (χ2n) is 3.16. The third kappa shape index (κ3) is 1.60. The molecular formula is C10H10FNO. The van der Waals surface area contributed by atoms with E-state index < -0.39 is 0 Å². The maximum Gasteiger partial charge on any atom is 0.155 e. The van der Waals surface area contributed by atoms with Gasteiger partial charge < -0.3 is 5.32 Å². The van der Waals surface area contributed by atoms with Crippen molar-refractivity contribution >= 4 is 5.78 Å². The average Bonchev–Trinajstić information content (AvgIpc) is 2.53. The maximum absolute atomic E-state index is 12.6. The summed E-state index contributed by atoms with van der Waals surface area (Å²) in [5.41, 5.74) is 0.851. The molecule has 0 saturated carbocycles. The zero-order valence-electron chi connectivity index (χ0n) is 7.09. The maximum atomic E-state index is 12.6. The van der Waals surface area contributed by atoms with Crippen molar-refractivity contribution in [3.05, 3.63) is 35.6 Å². The van der Waals surface area contributed by atoms with Crippen LogP contribution in [0.25, 0.3) is 0 Å². The van der Waals surface area contributed by atoms with Gasteiger partial charge in [-0.05, 0) is 17.7 Å². The van der Waals surface area contributed by atoms with Gasteiger partial charge in [0, 0.05) is 13.0 Å². The number of rotatable bonds is 1. The van der Waals surface area contributed by atoms with Gasteiger partial charge >= 0.3 is 0 Å². The van der Waals surface area contributed by atoms with Crippen molar-refractivity contribution in [3.8, 4) is 0 Å². The molecule has 0 spiro atoms. The van der Waals surface area contributed by atoms with E-state index >= 15 is 0 Å². The Morgan fingerprint density at radius 2 is 2.00 bits per heavy atom. The molecule has 68 valence electrons. The molecule has 1 saturated heterocycles. The molecule has 1 fully saturated rings. The highest BCUT2D eigenvalue weighted by Crippen LogP contribution is 2.19. The second kappa shape index (κ2) is 3.26. The van der Waals surface area contributed by atoms with Crippen LogP contribution in [0.5, 0.6) is 0 Å². The van der Waals surface area contributed by atoms with Gasteiger partial charge in [0.05, 0.1) is 6.04 Å². The molecule has 0 bridgehead atoms. The molecule has 1 heterocycles. The van der Waals surface area contributed by atoms with Gasteiger partial charge in [-0.3, -0.25) is 4.79 Å². The first-order chi connectivity index (χ1) is 6.27. The first-order valence-electron chi connectivity index (χ1n) is 4.29. The summed E-state index contributed by atoms with van der Waals surface area (Å²) in [5, 5.41) is 3.07. The van der Waals surface area contributed by atoms with Crippen LogP contribution in [0.15, 0.2) is 24.3 Å². The summed E-state index contributed by atoms with van der Waals surface area (Å²) in [4.78, 5) is 11.3. The van der Waals surface area contributed by atoms with E-state index in [9.17, 15) is 9.18 Å². The molecule has 1 atom stereocenters. The highest BCUT2D eigenvalue weighted by molar-refractivity contribution is 5.87. The normalized spacial score (nSPS) is 22.2. The van der Waals surface area contributed by atoms with Gasteiger partial charge in [-0.2, -0.15) is 0 Å². The predicted molar refractivity (Wildman–Crippen MR) is 46.8 cm³/mol. The number of benzene rings is 1. The number of Topliss-reactive ketones (excluding diaryl/α,β-unsaturated/α-hetero) is 1. The van der Waals surface area contributed by atoms with Crippen molar-refractivity contribution < 1.29 is 9.18 Å². The monoisotopic (exact) mass is 179 g/mol. The molecule has 0 radical (unpaired) electrons. The fraction of sp³-hybridized carbons (Fsp3) is 0.300. The zero-order valence-corrected chi connectivity index (χ0v) is 7.09. The molecule has 13 heavy (non-hydrogen) atoms. The Balaban J connectivity index is 2.25. The van der Waals surface area contributed by atoms with Crippen molar-refractivity contribution in [2.75, 3.05) is 6.54 Å². The Morgan fingerprint density at radius 3 is 2.54 bits per heavy atom. The standard InChI is InChI=1S/C10H10FNO/c11-8-3-1-7(2-4-8)10-9(13)5-6-12-10/h1-4,10,12H,5-6H2. The number of carbonyl (C=O) groups excluding carboxylic acids is 1. The van der Waals surface area contributed by atoms with Crippen molar-refractivity contribution in [2.24, 2.45) is 0 Å². The Morgan fingerprint density at radius 1 is 1.31 bits per heavy atom. The van der Waals surface area contributed by atoms with Crippen LogP contribution >= 0.6 is 0 Å². The fourth-order valence-electron chi connectivity index (χ4n) is 1.56. The Kier molecular flexibility index (Phi) is 2.10. The van der Waals surface area contributed by atoms with E-state index in [0.717, 1.165) is 12.1 Å². The molecule has 1 aliphatic rings. The minimum atomic E-state index is -0.269. The Hall–Kier alpha value is -1.22. The van der Waals surface area contributed by atoms with Gasteiger partial charge in [0.1, 0.15) is 5.82 Å². The van der Waals surface area contributed by atoms with Crippen LogP contribution in [0, 0.1) is 5.82 Å². The summed E-state index contributed by atoms with van der Waals surface area (Å²) in [6, 6.07) is 5.83. The Labute approximate surface area is 75.8 Å². The average molecular weight is 179 g/mol. The van der Waals surface area contributed by atoms with E-state index in [1.54, 1.807) is 12.1 Å². The highest BCUT2D eigenvalue weighted by Gasteiger charge is 2.24. The molecule has 1 aliphatic heterocycles. The van der Waals surface area contributed by atoms with E-state index in [-0.39, 0.29) is 17.6 Å². The number of nitrogens with one attached hydrogen (secondary N) is 1. The fourth-order valence-corrected chi connectivity index (χ4v) is 1.56. The first-order valence-corrected chi connectivity index (χ1v) is 4.29. The summed E-state index contributed by atoms with van der Waals surface area (Å²) < 4.78 is 12.6. The Bertz CT molecular complexity index is 320. The van der Waals surface area contributed by atoms with Gasteiger partial charge in [-0.1, -0.05) is 12.1 Å². The van der Waals surface area contributed by atoms with Gasteiger partial charge in [0.2, 0.25) is 0 Å². The van der Waals surface area contributed by atoms with Crippen LogP contribution in [-0.4, -0.2) is 12.3 Å². The topological polar surface area (TPSA) is 29.1 Å². The third-order valence-electron chi connectivity index (χ3n) is 2.25. The number of hydrogen-bond acceptors (Lipinski definition) is 2. The van der Waals surface area contributed by atoms with Crippen LogP contribution < -0.4 is 5.32 Å². The lowest BCUT2D eigenvalue weighted by atomic mass is 10.0. The lowest BCUT2D eigenvalue weighted by Crippen LogP contribution is -2.17. The molecule has 1 N–H and O–H groups in total. The molecule has 3 heteroatoms. The molecule has 1 aromatic carbocycles. The number of hydrogen-bond donors (Lipinski definition) is 1. The largest absolute Gasteiger partial charge is 0.303 e.